The molecule has 23 heavy (non-hydrogen) atoms. The molecule has 2 aromatic rings. The van der Waals surface area contributed by atoms with Crippen molar-refractivity contribution in [2.75, 3.05) is 5.75 Å². The predicted octanol–water partition coefficient (Wildman–Crippen LogP) is 3.42. The van der Waals surface area contributed by atoms with Crippen LogP contribution in [0.25, 0.3) is 5.69 Å². The molecule has 0 radical (unpaired) electrons. The van der Waals surface area contributed by atoms with E-state index in [0.29, 0.717) is 10.8 Å². The third-order valence-corrected chi connectivity index (χ3v) is 4.15. The van der Waals surface area contributed by atoms with E-state index in [0.717, 1.165) is 11.8 Å². The molecule has 1 aromatic carbocycles. The van der Waals surface area contributed by atoms with Crippen molar-refractivity contribution in [3.63, 3.8) is 0 Å². The largest absolute Gasteiger partial charge is 0.477 e. The van der Waals surface area contributed by atoms with Crippen LogP contribution in [0.3, 0.4) is 0 Å². The van der Waals surface area contributed by atoms with Crippen molar-refractivity contribution in [3.05, 3.63) is 42.0 Å². The summed E-state index contributed by atoms with van der Waals surface area (Å²) in [6.45, 7) is 5.47. The first-order chi connectivity index (χ1) is 10.7. The number of rotatable bonds is 5. The smallest absolute Gasteiger partial charge is 0.354 e. The molecule has 1 N–H and O–H groups in total. The summed E-state index contributed by atoms with van der Waals surface area (Å²) in [5.41, 5.74) is -0.0371. The number of aromatic carboxylic acids is 1. The molecule has 0 aliphatic heterocycles. The van der Waals surface area contributed by atoms with E-state index < -0.39 is 17.2 Å². The van der Waals surface area contributed by atoms with Crippen LogP contribution in [-0.4, -0.2) is 32.2 Å². The zero-order chi connectivity index (χ0) is 17.2. The van der Waals surface area contributed by atoms with E-state index in [2.05, 4.69) is 4.98 Å². The van der Waals surface area contributed by atoms with Crippen LogP contribution in [0.15, 0.2) is 35.6 Å². The normalized spacial score (nSPS) is 11.5. The van der Waals surface area contributed by atoms with Gasteiger partial charge in [0.25, 0.3) is 0 Å². The quantitative estimate of drug-likeness (QED) is 0.847. The zero-order valence-corrected chi connectivity index (χ0v) is 13.9. The Kier molecular flexibility index (Phi) is 4.89. The molecule has 0 atom stereocenters. The van der Waals surface area contributed by atoms with Crippen LogP contribution in [0.5, 0.6) is 0 Å². The molecule has 0 unspecified atom stereocenters. The number of ketones is 1. The van der Waals surface area contributed by atoms with Crippen molar-refractivity contribution in [2.24, 2.45) is 5.41 Å². The van der Waals surface area contributed by atoms with Gasteiger partial charge in [0.05, 0.1) is 11.9 Å². The number of nitrogens with zero attached hydrogens (tertiary/aromatic N) is 2. The molecule has 0 aliphatic carbocycles. The van der Waals surface area contributed by atoms with Gasteiger partial charge in [0.15, 0.2) is 10.9 Å². The van der Waals surface area contributed by atoms with Crippen LogP contribution in [0.4, 0.5) is 4.39 Å². The fourth-order valence-corrected chi connectivity index (χ4v) is 2.93. The van der Waals surface area contributed by atoms with Gasteiger partial charge in [0.1, 0.15) is 11.6 Å². The predicted molar refractivity (Wildman–Crippen MR) is 85.7 cm³/mol. The number of Topliss-reactive ketones (excluding diaryl/α,β-unsaturated/α-hetero) is 1. The summed E-state index contributed by atoms with van der Waals surface area (Å²) in [5, 5.41) is 9.67. The third-order valence-electron chi connectivity index (χ3n) is 3.20. The summed E-state index contributed by atoms with van der Waals surface area (Å²) in [5.74, 6) is -1.34. The average Bonchev–Trinajstić information content (AvgIpc) is 2.88. The number of carboxylic acids is 1. The summed E-state index contributed by atoms with van der Waals surface area (Å²) in [6, 6.07) is 5.43. The second kappa shape index (κ2) is 6.54. The lowest BCUT2D eigenvalue weighted by Crippen LogP contribution is -2.22. The lowest BCUT2D eigenvalue weighted by atomic mass is 9.92. The van der Waals surface area contributed by atoms with Crippen molar-refractivity contribution >= 4 is 23.5 Å². The number of carbonyl (C=O) groups is 2. The van der Waals surface area contributed by atoms with Gasteiger partial charge in [-0.2, -0.15) is 0 Å². The highest BCUT2D eigenvalue weighted by molar-refractivity contribution is 7.99. The number of hydrogen-bond acceptors (Lipinski definition) is 4. The molecule has 7 heteroatoms. The Bertz CT molecular complexity index is 733. The molecule has 1 heterocycles. The van der Waals surface area contributed by atoms with E-state index >= 15 is 0 Å². The first kappa shape index (κ1) is 17.2. The van der Waals surface area contributed by atoms with Crippen molar-refractivity contribution in [1.82, 2.24) is 9.55 Å². The standard InChI is InChI=1S/C16H17FN2O3S/c1-16(2,3)13(20)9-23-15-18-8-12(14(21)22)19(15)11-6-4-10(17)5-7-11/h4-8H,9H2,1-3H3,(H,21,22). The topological polar surface area (TPSA) is 72.2 Å². The van der Waals surface area contributed by atoms with E-state index in [1.54, 1.807) is 0 Å². The molecule has 1 aromatic heterocycles. The maximum absolute atomic E-state index is 13.1. The van der Waals surface area contributed by atoms with E-state index in [1.807, 2.05) is 20.8 Å². The molecular formula is C16H17FN2O3S. The molecule has 0 saturated heterocycles. The Hall–Kier alpha value is -2.15. The Balaban J connectivity index is 2.36. The molecule has 0 amide bonds. The Morgan fingerprint density at radius 1 is 1.26 bits per heavy atom. The maximum Gasteiger partial charge on any atom is 0.354 e. The second-order valence-corrected chi connectivity index (χ2v) is 6.95. The Labute approximate surface area is 137 Å². The molecule has 0 saturated carbocycles. The second-order valence-electron chi connectivity index (χ2n) is 6.00. The summed E-state index contributed by atoms with van der Waals surface area (Å²) >= 11 is 1.16. The van der Waals surface area contributed by atoms with Crippen LogP contribution in [-0.2, 0) is 4.79 Å². The SMILES string of the molecule is CC(C)(C)C(=O)CSc1ncc(C(=O)O)n1-c1ccc(F)cc1. The fourth-order valence-electron chi connectivity index (χ4n) is 1.77. The van der Waals surface area contributed by atoms with E-state index in [9.17, 15) is 19.1 Å². The van der Waals surface area contributed by atoms with Crippen LogP contribution >= 0.6 is 11.8 Å². The minimum Gasteiger partial charge on any atom is -0.477 e. The minimum absolute atomic E-state index is 0.0352. The van der Waals surface area contributed by atoms with Crippen molar-refractivity contribution in [1.29, 1.82) is 0 Å². The van der Waals surface area contributed by atoms with Crippen molar-refractivity contribution in [3.8, 4) is 5.69 Å². The number of halogens is 1. The van der Waals surface area contributed by atoms with Gasteiger partial charge in [-0.05, 0) is 24.3 Å². The first-order valence-electron chi connectivity index (χ1n) is 6.93. The zero-order valence-electron chi connectivity index (χ0n) is 13.0. The van der Waals surface area contributed by atoms with E-state index in [1.165, 1.54) is 35.0 Å². The number of carbonyl (C=O) groups excluding carboxylic acids is 1. The molecule has 122 valence electrons. The molecule has 2 rings (SSSR count). The van der Waals surface area contributed by atoms with Gasteiger partial charge in [-0.25, -0.2) is 14.2 Å². The highest BCUT2D eigenvalue weighted by atomic mass is 32.2. The lowest BCUT2D eigenvalue weighted by Gasteiger charge is -2.16. The third kappa shape index (κ3) is 3.98. The summed E-state index contributed by atoms with van der Waals surface area (Å²) in [6.07, 6.45) is 1.23. The maximum atomic E-state index is 13.1. The monoisotopic (exact) mass is 336 g/mol. The molecule has 0 aliphatic rings. The average molecular weight is 336 g/mol. The molecule has 0 bridgehead atoms. The summed E-state index contributed by atoms with van der Waals surface area (Å²) in [7, 11) is 0. The minimum atomic E-state index is -1.14. The van der Waals surface area contributed by atoms with Crippen LogP contribution in [0.1, 0.15) is 31.3 Å². The van der Waals surface area contributed by atoms with Gasteiger partial charge in [-0.1, -0.05) is 32.5 Å². The number of thioether (sulfide) groups is 1. The Morgan fingerprint density at radius 2 is 1.87 bits per heavy atom. The molecule has 0 fully saturated rings. The van der Waals surface area contributed by atoms with Gasteiger partial charge >= 0.3 is 5.97 Å². The van der Waals surface area contributed by atoms with E-state index in [4.69, 9.17) is 0 Å². The summed E-state index contributed by atoms with van der Waals surface area (Å²) < 4.78 is 14.5. The first-order valence-corrected chi connectivity index (χ1v) is 7.92. The number of aromatic nitrogens is 2. The Morgan fingerprint density at radius 3 is 2.39 bits per heavy atom. The fraction of sp³-hybridized carbons (Fsp3) is 0.312. The van der Waals surface area contributed by atoms with Crippen LogP contribution < -0.4 is 0 Å². The van der Waals surface area contributed by atoms with Gasteiger partial charge in [-0.3, -0.25) is 9.36 Å². The van der Waals surface area contributed by atoms with Gasteiger partial charge < -0.3 is 5.11 Å². The highest BCUT2D eigenvalue weighted by Crippen LogP contribution is 2.26. The number of hydrogen-bond donors (Lipinski definition) is 1. The van der Waals surface area contributed by atoms with E-state index in [-0.39, 0.29) is 17.2 Å². The number of carboxylic acid groups (broad SMARTS) is 1. The van der Waals surface area contributed by atoms with Crippen molar-refractivity contribution in [2.45, 2.75) is 25.9 Å². The summed E-state index contributed by atoms with van der Waals surface area (Å²) in [4.78, 5) is 27.5. The molecular weight excluding hydrogens is 319 g/mol. The van der Waals surface area contributed by atoms with Gasteiger partial charge in [-0.15, -0.1) is 0 Å². The number of imidazole rings is 1. The highest BCUT2D eigenvalue weighted by Gasteiger charge is 2.23. The number of benzene rings is 1. The van der Waals surface area contributed by atoms with Crippen LogP contribution in [0, 0.1) is 11.2 Å². The van der Waals surface area contributed by atoms with Gasteiger partial charge in [0, 0.05) is 11.1 Å². The lowest BCUT2D eigenvalue weighted by molar-refractivity contribution is -0.123. The van der Waals surface area contributed by atoms with Crippen LogP contribution in [0.2, 0.25) is 0 Å². The molecule has 5 nitrogen and oxygen atoms in total. The molecule has 0 spiro atoms. The van der Waals surface area contributed by atoms with Gasteiger partial charge in [0.2, 0.25) is 0 Å². The van der Waals surface area contributed by atoms with Crippen molar-refractivity contribution < 1.29 is 19.1 Å².